The summed E-state index contributed by atoms with van der Waals surface area (Å²) in [4.78, 5) is 19.6. The molecule has 1 amide bonds. The van der Waals surface area contributed by atoms with E-state index in [-0.39, 0.29) is 11.3 Å². The maximum absolute atomic E-state index is 13.5. The Labute approximate surface area is 234 Å². The molecule has 2 aromatic carbocycles. The molecule has 1 aliphatic carbocycles. The van der Waals surface area contributed by atoms with Crippen LogP contribution >= 0.6 is 43.2 Å². The standard InChI is InChI=1S/C29H30Br2N2O2S/c1-5-13-35-26-22(30)14-18(15-23(26)31)17-32-28-25(27(34)33-20-9-7-6-8-10-20)21-12-11-19(29(2,3)4)16-24(21)36-28/h5-10,14-15,17,19H,1,11-13,16H2,2-4H3,(H,33,34)/t19-/m0/s1. The second-order valence-electron chi connectivity index (χ2n) is 9.98. The van der Waals surface area contributed by atoms with Crippen LogP contribution in [-0.2, 0) is 12.8 Å². The van der Waals surface area contributed by atoms with Crippen LogP contribution in [0.1, 0.15) is 53.6 Å². The number of nitrogens with one attached hydrogen (secondary N) is 1. The Morgan fingerprint density at radius 3 is 2.56 bits per heavy atom. The quantitative estimate of drug-likeness (QED) is 0.209. The van der Waals surface area contributed by atoms with Crippen molar-refractivity contribution in [1.29, 1.82) is 0 Å². The summed E-state index contributed by atoms with van der Waals surface area (Å²) in [5.41, 5.74) is 3.76. The SMILES string of the molecule is C=CCOc1c(Br)cc(C=Nc2sc3c(c2C(=O)Nc2ccccc2)CC[C@H](C(C)(C)C)C3)cc1Br. The van der Waals surface area contributed by atoms with E-state index >= 15 is 0 Å². The number of hydrogen-bond acceptors (Lipinski definition) is 4. The van der Waals surface area contributed by atoms with E-state index in [9.17, 15) is 4.79 Å². The lowest BCUT2D eigenvalue weighted by atomic mass is 9.72. The first kappa shape index (κ1) is 26.8. The van der Waals surface area contributed by atoms with Crippen molar-refractivity contribution in [3.63, 3.8) is 0 Å². The van der Waals surface area contributed by atoms with Gasteiger partial charge in [0.05, 0.1) is 14.5 Å². The van der Waals surface area contributed by atoms with Gasteiger partial charge in [0.1, 0.15) is 17.4 Å². The highest BCUT2D eigenvalue weighted by atomic mass is 79.9. The molecule has 0 aliphatic heterocycles. The van der Waals surface area contributed by atoms with E-state index in [0.717, 1.165) is 55.8 Å². The third-order valence-corrected chi connectivity index (χ3v) is 8.77. The molecule has 3 aromatic rings. The minimum Gasteiger partial charge on any atom is -0.487 e. The summed E-state index contributed by atoms with van der Waals surface area (Å²) in [6.45, 7) is 11.0. The summed E-state index contributed by atoms with van der Waals surface area (Å²) in [7, 11) is 0. The van der Waals surface area contributed by atoms with Crippen LogP contribution in [0, 0.1) is 11.3 Å². The van der Waals surface area contributed by atoms with Crippen LogP contribution in [0.25, 0.3) is 0 Å². The molecule has 4 nitrogen and oxygen atoms in total. The molecule has 188 valence electrons. The fraction of sp³-hybridized carbons (Fsp3) is 0.310. The lowest BCUT2D eigenvalue weighted by Gasteiger charge is -2.33. The lowest BCUT2D eigenvalue weighted by molar-refractivity contribution is 0.102. The smallest absolute Gasteiger partial charge is 0.259 e. The van der Waals surface area contributed by atoms with E-state index in [0.29, 0.717) is 18.1 Å². The maximum Gasteiger partial charge on any atom is 0.259 e. The van der Waals surface area contributed by atoms with E-state index in [4.69, 9.17) is 9.73 Å². The van der Waals surface area contributed by atoms with Gasteiger partial charge in [-0.2, -0.15) is 0 Å². The van der Waals surface area contributed by atoms with Crippen molar-refractivity contribution in [2.45, 2.75) is 40.0 Å². The van der Waals surface area contributed by atoms with E-state index in [1.165, 1.54) is 4.88 Å². The molecule has 0 bridgehead atoms. The molecule has 7 heteroatoms. The van der Waals surface area contributed by atoms with Gasteiger partial charge >= 0.3 is 0 Å². The Balaban J connectivity index is 1.69. The number of carbonyl (C=O) groups is 1. The average molecular weight is 630 g/mol. The largest absolute Gasteiger partial charge is 0.487 e. The first-order chi connectivity index (χ1) is 17.2. The number of anilines is 1. The first-order valence-electron chi connectivity index (χ1n) is 11.9. The fourth-order valence-electron chi connectivity index (χ4n) is 4.42. The highest BCUT2D eigenvalue weighted by Crippen LogP contribution is 2.45. The minimum absolute atomic E-state index is 0.101. The topological polar surface area (TPSA) is 50.7 Å². The van der Waals surface area contributed by atoms with Crippen molar-refractivity contribution in [2.75, 3.05) is 11.9 Å². The van der Waals surface area contributed by atoms with Crippen LogP contribution in [0.2, 0.25) is 0 Å². The van der Waals surface area contributed by atoms with Gasteiger partial charge in [-0.3, -0.25) is 4.79 Å². The number of thiophene rings is 1. The number of para-hydroxylation sites is 1. The number of ether oxygens (including phenoxy) is 1. The molecule has 0 radical (unpaired) electrons. The Hall–Kier alpha value is -2.22. The van der Waals surface area contributed by atoms with Crippen LogP contribution < -0.4 is 10.1 Å². The van der Waals surface area contributed by atoms with Gasteiger partial charge in [-0.1, -0.05) is 51.6 Å². The van der Waals surface area contributed by atoms with Gasteiger partial charge < -0.3 is 10.1 Å². The molecule has 1 atom stereocenters. The number of benzene rings is 2. The summed E-state index contributed by atoms with van der Waals surface area (Å²) in [5, 5.41) is 3.83. The molecule has 1 heterocycles. The molecule has 0 unspecified atom stereocenters. The van der Waals surface area contributed by atoms with Gasteiger partial charge in [0.25, 0.3) is 5.91 Å². The van der Waals surface area contributed by atoms with E-state index in [1.807, 2.05) is 48.7 Å². The number of hydrogen-bond donors (Lipinski definition) is 1. The molecule has 0 spiro atoms. The molecule has 0 saturated heterocycles. The van der Waals surface area contributed by atoms with Crippen molar-refractivity contribution in [1.82, 2.24) is 0 Å². The molecular formula is C29H30Br2N2O2S. The number of nitrogens with zero attached hydrogens (tertiary/aromatic N) is 1. The zero-order valence-electron chi connectivity index (χ0n) is 20.7. The van der Waals surface area contributed by atoms with Crippen LogP contribution in [0.5, 0.6) is 5.75 Å². The van der Waals surface area contributed by atoms with Crippen molar-refractivity contribution in [3.05, 3.63) is 85.6 Å². The molecule has 1 aromatic heterocycles. The molecular weight excluding hydrogens is 600 g/mol. The average Bonchev–Trinajstić information content (AvgIpc) is 3.20. The van der Waals surface area contributed by atoms with Crippen molar-refractivity contribution in [3.8, 4) is 5.75 Å². The van der Waals surface area contributed by atoms with Gasteiger partial charge in [0.2, 0.25) is 0 Å². The van der Waals surface area contributed by atoms with Gasteiger partial charge in [-0.15, -0.1) is 11.3 Å². The zero-order chi connectivity index (χ0) is 25.9. The van der Waals surface area contributed by atoms with Gasteiger partial charge in [0.15, 0.2) is 0 Å². The normalized spacial score (nSPS) is 15.5. The fourth-order valence-corrected chi connectivity index (χ4v) is 7.14. The minimum atomic E-state index is -0.101. The number of amides is 1. The van der Waals surface area contributed by atoms with E-state index < -0.39 is 0 Å². The second-order valence-corrected chi connectivity index (χ2v) is 12.8. The monoisotopic (exact) mass is 628 g/mol. The number of rotatable bonds is 7. The first-order valence-corrected chi connectivity index (χ1v) is 14.4. The van der Waals surface area contributed by atoms with E-state index in [1.54, 1.807) is 17.4 Å². The molecule has 1 N–H and O–H groups in total. The van der Waals surface area contributed by atoms with Crippen molar-refractivity contribution < 1.29 is 9.53 Å². The summed E-state index contributed by atoms with van der Waals surface area (Å²) < 4.78 is 7.37. The molecule has 1 aliphatic rings. The molecule has 4 rings (SSSR count). The van der Waals surface area contributed by atoms with Gasteiger partial charge in [0, 0.05) is 16.8 Å². The summed E-state index contributed by atoms with van der Waals surface area (Å²) in [6.07, 6.45) is 6.47. The lowest BCUT2D eigenvalue weighted by Crippen LogP contribution is -2.27. The van der Waals surface area contributed by atoms with Crippen LogP contribution in [0.3, 0.4) is 0 Å². The third kappa shape index (κ3) is 6.18. The highest BCUT2D eigenvalue weighted by molar-refractivity contribution is 9.11. The molecule has 0 saturated carbocycles. The summed E-state index contributed by atoms with van der Waals surface area (Å²) in [6, 6.07) is 13.5. The maximum atomic E-state index is 13.5. The predicted octanol–water partition coefficient (Wildman–Crippen LogP) is 8.99. The molecule has 36 heavy (non-hydrogen) atoms. The highest BCUT2D eigenvalue weighted by Gasteiger charge is 2.33. The van der Waals surface area contributed by atoms with Crippen LogP contribution in [-0.4, -0.2) is 18.7 Å². The number of carbonyl (C=O) groups excluding carboxylic acids is 1. The number of fused-ring (bicyclic) bond motifs is 1. The summed E-state index contributed by atoms with van der Waals surface area (Å²) >= 11 is 8.82. The Bertz CT molecular complexity index is 1270. The Morgan fingerprint density at radius 2 is 1.92 bits per heavy atom. The van der Waals surface area contributed by atoms with Crippen molar-refractivity contribution >= 4 is 66.0 Å². The van der Waals surface area contributed by atoms with Crippen molar-refractivity contribution in [2.24, 2.45) is 16.3 Å². The molecule has 0 fully saturated rings. The third-order valence-electron chi connectivity index (χ3n) is 6.43. The van der Waals surface area contributed by atoms with Gasteiger partial charge in [-0.05, 0) is 97.8 Å². The zero-order valence-corrected chi connectivity index (χ0v) is 24.7. The Morgan fingerprint density at radius 1 is 1.22 bits per heavy atom. The number of aliphatic imine (C=N–C) groups is 1. The van der Waals surface area contributed by atoms with Gasteiger partial charge in [-0.25, -0.2) is 4.99 Å². The van der Waals surface area contributed by atoms with Crippen LogP contribution in [0.15, 0.2) is 69.1 Å². The predicted molar refractivity (Wildman–Crippen MR) is 158 cm³/mol. The number of halogens is 2. The van der Waals surface area contributed by atoms with Crippen LogP contribution in [0.4, 0.5) is 10.7 Å². The summed E-state index contributed by atoms with van der Waals surface area (Å²) in [5.74, 6) is 1.20. The second kappa shape index (κ2) is 11.4. The van der Waals surface area contributed by atoms with E-state index in [2.05, 4.69) is 64.5 Å². The Kier molecular flexibility index (Phi) is 8.53.